The third kappa shape index (κ3) is 4.99. The van der Waals surface area contributed by atoms with E-state index in [-0.39, 0.29) is 18.0 Å². The standard InChI is InChI=1S/C22H23FN4O5S2/c1-15(21(28)31-2)33-22-25-24-20(27(22)18-8-6-17(23)7-9-18)16-4-3-5-19(14-16)34(29,30)26-10-12-32-13-11-26/h3-9,14-15H,10-13H2,1-2H3. The zero-order valence-corrected chi connectivity index (χ0v) is 20.2. The van der Waals surface area contributed by atoms with Crippen molar-refractivity contribution >= 4 is 27.8 Å². The smallest absolute Gasteiger partial charge is 0.318 e. The number of sulfonamides is 1. The maximum Gasteiger partial charge on any atom is 0.318 e. The number of carbonyl (C=O) groups is 1. The number of benzene rings is 2. The summed E-state index contributed by atoms with van der Waals surface area (Å²) in [5.74, 6) is -0.488. The minimum Gasteiger partial charge on any atom is -0.468 e. The molecule has 180 valence electrons. The van der Waals surface area contributed by atoms with E-state index in [9.17, 15) is 17.6 Å². The lowest BCUT2D eigenvalue weighted by Crippen LogP contribution is -2.40. The second-order valence-electron chi connectivity index (χ2n) is 7.45. The molecule has 9 nitrogen and oxygen atoms in total. The van der Waals surface area contributed by atoms with E-state index in [1.54, 1.807) is 35.8 Å². The van der Waals surface area contributed by atoms with Gasteiger partial charge in [-0.15, -0.1) is 10.2 Å². The van der Waals surface area contributed by atoms with Crippen molar-refractivity contribution < 1.29 is 27.1 Å². The van der Waals surface area contributed by atoms with Crippen molar-refractivity contribution in [2.75, 3.05) is 33.4 Å². The number of methoxy groups -OCH3 is 1. The number of ether oxygens (including phenoxy) is 2. The van der Waals surface area contributed by atoms with Gasteiger partial charge >= 0.3 is 5.97 Å². The van der Waals surface area contributed by atoms with Crippen LogP contribution in [0.25, 0.3) is 17.1 Å². The number of aromatic nitrogens is 3. The molecule has 1 saturated heterocycles. The molecule has 2 aromatic carbocycles. The number of carbonyl (C=O) groups excluding carboxylic acids is 1. The first-order chi connectivity index (χ1) is 16.3. The highest BCUT2D eigenvalue weighted by Crippen LogP contribution is 2.32. The first kappa shape index (κ1) is 24.3. The lowest BCUT2D eigenvalue weighted by Gasteiger charge is -2.26. The second kappa shape index (κ2) is 10.2. The van der Waals surface area contributed by atoms with Gasteiger partial charge in [-0.05, 0) is 43.3 Å². The first-order valence-electron chi connectivity index (χ1n) is 10.5. The SMILES string of the molecule is COC(=O)C(C)Sc1nnc(-c2cccc(S(=O)(=O)N3CCOCC3)c2)n1-c1ccc(F)cc1. The average Bonchev–Trinajstić information content (AvgIpc) is 3.28. The number of hydrogen-bond donors (Lipinski definition) is 0. The van der Waals surface area contributed by atoms with Crippen molar-refractivity contribution in [3.63, 3.8) is 0 Å². The Hall–Kier alpha value is -2.80. The number of esters is 1. The van der Waals surface area contributed by atoms with Gasteiger partial charge in [0.2, 0.25) is 10.0 Å². The van der Waals surface area contributed by atoms with Gasteiger partial charge in [-0.2, -0.15) is 4.31 Å². The van der Waals surface area contributed by atoms with E-state index in [2.05, 4.69) is 10.2 Å². The van der Waals surface area contributed by atoms with Crippen molar-refractivity contribution in [3.05, 3.63) is 54.3 Å². The van der Waals surface area contributed by atoms with Gasteiger partial charge in [0.1, 0.15) is 11.1 Å². The molecule has 1 aromatic heterocycles. The highest BCUT2D eigenvalue weighted by molar-refractivity contribution is 8.00. The van der Waals surface area contributed by atoms with E-state index in [0.29, 0.717) is 35.4 Å². The Morgan fingerprint density at radius 3 is 2.53 bits per heavy atom. The van der Waals surface area contributed by atoms with Crippen LogP contribution >= 0.6 is 11.8 Å². The van der Waals surface area contributed by atoms with Crippen molar-refractivity contribution in [1.29, 1.82) is 0 Å². The Kier molecular flexibility index (Phi) is 7.31. The topological polar surface area (TPSA) is 104 Å². The average molecular weight is 507 g/mol. The maximum atomic E-state index is 13.6. The molecule has 0 saturated carbocycles. The van der Waals surface area contributed by atoms with E-state index in [1.807, 2.05) is 0 Å². The van der Waals surface area contributed by atoms with E-state index in [1.165, 1.54) is 35.7 Å². The van der Waals surface area contributed by atoms with E-state index in [4.69, 9.17) is 9.47 Å². The van der Waals surface area contributed by atoms with Gasteiger partial charge in [-0.3, -0.25) is 9.36 Å². The van der Waals surface area contributed by atoms with Crippen molar-refractivity contribution in [1.82, 2.24) is 19.1 Å². The zero-order valence-electron chi connectivity index (χ0n) is 18.5. The number of nitrogens with zero attached hydrogens (tertiary/aromatic N) is 4. The molecule has 0 spiro atoms. The van der Waals surface area contributed by atoms with Gasteiger partial charge in [0.15, 0.2) is 11.0 Å². The maximum absolute atomic E-state index is 13.6. The molecule has 0 radical (unpaired) electrons. The molecular weight excluding hydrogens is 483 g/mol. The predicted molar refractivity (Wildman–Crippen MR) is 124 cm³/mol. The highest BCUT2D eigenvalue weighted by Gasteiger charge is 2.28. The molecule has 1 aliphatic heterocycles. The van der Waals surface area contributed by atoms with Crippen LogP contribution in [0.2, 0.25) is 0 Å². The fourth-order valence-corrected chi connectivity index (χ4v) is 5.81. The van der Waals surface area contributed by atoms with Crippen molar-refractivity contribution in [2.24, 2.45) is 0 Å². The van der Waals surface area contributed by atoms with Gasteiger partial charge in [0, 0.05) is 24.3 Å². The molecule has 1 atom stereocenters. The monoisotopic (exact) mass is 506 g/mol. The summed E-state index contributed by atoms with van der Waals surface area (Å²) in [4.78, 5) is 12.1. The minimum absolute atomic E-state index is 0.123. The van der Waals surface area contributed by atoms with Crippen molar-refractivity contribution in [2.45, 2.75) is 22.2 Å². The van der Waals surface area contributed by atoms with Crippen LogP contribution in [0.5, 0.6) is 0 Å². The number of halogens is 1. The lowest BCUT2D eigenvalue weighted by atomic mass is 10.2. The minimum atomic E-state index is -3.72. The first-order valence-corrected chi connectivity index (χ1v) is 12.8. The molecule has 0 bridgehead atoms. The van der Waals surface area contributed by atoms with Crippen LogP contribution < -0.4 is 0 Å². The molecule has 0 N–H and O–H groups in total. The van der Waals surface area contributed by atoms with Crippen LogP contribution in [-0.2, 0) is 24.3 Å². The predicted octanol–water partition coefficient (Wildman–Crippen LogP) is 2.75. The summed E-state index contributed by atoms with van der Waals surface area (Å²) in [6.07, 6.45) is 0. The Morgan fingerprint density at radius 1 is 1.15 bits per heavy atom. The molecule has 4 rings (SSSR count). The molecule has 2 heterocycles. The molecule has 34 heavy (non-hydrogen) atoms. The largest absolute Gasteiger partial charge is 0.468 e. The number of rotatable bonds is 7. The number of hydrogen-bond acceptors (Lipinski definition) is 8. The van der Waals surface area contributed by atoms with Gasteiger partial charge in [-0.1, -0.05) is 23.9 Å². The Labute approximate surface area is 200 Å². The highest BCUT2D eigenvalue weighted by atomic mass is 32.2. The van der Waals surface area contributed by atoms with E-state index in [0.717, 1.165) is 11.8 Å². The quantitative estimate of drug-likeness (QED) is 0.356. The molecular formula is C22H23FN4O5S2. The Morgan fingerprint density at radius 2 is 1.85 bits per heavy atom. The number of morpholine rings is 1. The summed E-state index contributed by atoms with van der Waals surface area (Å²) in [6.45, 7) is 2.93. The Bertz CT molecular complexity index is 1270. The summed E-state index contributed by atoms with van der Waals surface area (Å²) >= 11 is 1.13. The summed E-state index contributed by atoms with van der Waals surface area (Å²) in [6, 6.07) is 12.1. The van der Waals surface area contributed by atoms with Gasteiger partial charge < -0.3 is 9.47 Å². The fourth-order valence-electron chi connectivity index (χ4n) is 3.46. The zero-order chi connectivity index (χ0) is 24.3. The van der Waals surface area contributed by atoms with E-state index >= 15 is 0 Å². The summed E-state index contributed by atoms with van der Waals surface area (Å²) in [5.41, 5.74) is 1.06. The Balaban J connectivity index is 1.78. The molecule has 1 aliphatic rings. The summed E-state index contributed by atoms with van der Waals surface area (Å²) in [7, 11) is -2.42. The molecule has 0 aliphatic carbocycles. The lowest BCUT2D eigenvalue weighted by molar-refractivity contribution is -0.139. The van der Waals surface area contributed by atoms with Gasteiger partial charge in [0.05, 0.1) is 25.2 Å². The van der Waals surface area contributed by atoms with Gasteiger partial charge in [0.25, 0.3) is 0 Å². The summed E-state index contributed by atoms with van der Waals surface area (Å²) in [5, 5.41) is 8.31. The normalized spacial score (nSPS) is 15.7. The van der Waals surface area contributed by atoms with Crippen LogP contribution in [0.15, 0.2) is 58.6 Å². The molecule has 1 fully saturated rings. The van der Waals surface area contributed by atoms with Crippen LogP contribution in [0.4, 0.5) is 4.39 Å². The van der Waals surface area contributed by atoms with E-state index < -0.39 is 27.1 Å². The van der Waals surface area contributed by atoms with Crippen LogP contribution in [0, 0.1) is 5.82 Å². The van der Waals surface area contributed by atoms with Gasteiger partial charge in [-0.25, -0.2) is 12.8 Å². The number of thioether (sulfide) groups is 1. The molecule has 3 aromatic rings. The van der Waals surface area contributed by atoms with Crippen LogP contribution in [0.3, 0.4) is 0 Å². The van der Waals surface area contributed by atoms with Crippen LogP contribution in [0.1, 0.15) is 6.92 Å². The molecule has 1 unspecified atom stereocenters. The summed E-state index contributed by atoms with van der Waals surface area (Å²) < 4.78 is 53.0. The molecule has 0 amide bonds. The van der Waals surface area contributed by atoms with Crippen molar-refractivity contribution in [3.8, 4) is 17.1 Å². The fraction of sp³-hybridized carbons (Fsp3) is 0.318. The molecule has 12 heteroatoms. The van der Waals surface area contributed by atoms with Crippen LogP contribution in [-0.4, -0.2) is 72.1 Å². The third-order valence-corrected chi connectivity index (χ3v) is 8.15. The second-order valence-corrected chi connectivity index (χ2v) is 10.7. The third-order valence-electron chi connectivity index (χ3n) is 5.23.